The van der Waals surface area contributed by atoms with Crippen LogP contribution in [-0.2, 0) is 4.79 Å². The number of benzene rings is 4. The molecule has 0 aliphatic rings. The van der Waals surface area contributed by atoms with E-state index in [1.165, 1.54) is 23.1 Å². The van der Waals surface area contributed by atoms with Crippen LogP contribution in [0.4, 0.5) is 10.8 Å². The second-order valence-electron chi connectivity index (χ2n) is 8.54. The molecule has 0 bridgehead atoms. The van der Waals surface area contributed by atoms with Crippen LogP contribution in [0.3, 0.4) is 0 Å². The fourth-order valence-electron chi connectivity index (χ4n) is 3.94. The summed E-state index contributed by atoms with van der Waals surface area (Å²) in [6.07, 6.45) is 0. The van der Waals surface area contributed by atoms with Crippen LogP contribution in [0.1, 0.15) is 26.7 Å². The monoisotopic (exact) mass is 539 g/mol. The van der Waals surface area contributed by atoms with Crippen LogP contribution in [0, 0.1) is 6.92 Å². The van der Waals surface area contributed by atoms with E-state index in [1.807, 2.05) is 97.9 Å². The third-order valence-corrected chi connectivity index (χ3v) is 8.12. The molecule has 0 radical (unpaired) electrons. The van der Waals surface area contributed by atoms with Crippen molar-refractivity contribution in [3.05, 3.63) is 114 Å². The minimum absolute atomic E-state index is 0.154. The van der Waals surface area contributed by atoms with Crippen molar-refractivity contribution in [2.75, 3.05) is 17.7 Å². The van der Waals surface area contributed by atoms with Crippen molar-refractivity contribution in [2.24, 2.45) is 0 Å². The third-order valence-electron chi connectivity index (χ3n) is 5.92. The van der Waals surface area contributed by atoms with Gasteiger partial charge in [0.2, 0.25) is 5.91 Å². The Hall–Kier alpha value is -4.14. The highest BCUT2D eigenvalue weighted by Gasteiger charge is 2.23. The van der Waals surface area contributed by atoms with Crippen molar-refractivity contribution in [1.82, 2.24) is 4.98 Å². The molecule has 5 aromatic rings. The Morgan fingerprint density at radius 3 is 2.37 bits per heavy atom. The van der Waals surface area contributed by atoms with Crippen molar-refractivity contribution < 1.29 is 14.3 Å². The predicted octanol–water partition coefficient (Wildman–Crippen LogP) is 7.34. The molecular formula is C30H25N3O3S2. The highest BCUT2D eigenvalue weighted by atomic mass is 32.2. The van der Waals surface area contributed by atoms with E-state index < -0.39 is 5.25 Å². The zero-order valence-corrected chi connectivity index (χ0v) is 22.4. The van der Waals surface area contributed by atoms with E-state index in [0.29, 0.717) is 16.4 Å². The van der Waals surface area contributed by atoms with Crippen LogP contribution < -0.4 is 15.4 Å². The Bertz CT molecular complexity index is 1580. The second kappa shape index (κ2) is 11.5. The number of hydrogen-bond donors (Lipinski definition) is 2. The molecule has 0 aliphatic heterocycles. The average Bonchev–Trinajstić information content (AvgIpc) is 3.34. The number of anilines is 2. The number of ether oxygens (including phenoxy) is 1. The summed E-state index contributed by atoms with van der Waals surface area (Å²) in [5.41, 5.74) is 3.93. The third kappa shape index (κ3) is 5.88. The standard InChI is InChI=1S/C30H25N3O3S2/c1-19-8-6-7-11-24(19)28(34)31-21-12-15-23(16-13-21)37-27(20-9-4-3-5-10-20)29(35)33-30-32-25-17-14-22(36-2)18-26(25)38-30/h3-18,27H,1-2H3,(H,31,34)(H,32,33,35). The van der Waals surface area contributed by atoms with Gasteiger partial charge in [-0.25, -0.2) is 4.98 Å². The van der Waals surface area contributed by atoms with Crippen LogP contribution in [0.5, 0.6) is 5.75 Å². The van der Waals surface area contributed by atoms with E-state index in [2.05, 4.69) is 15.6 Å². The Morgan fingerprint density at radius 1 is 0.895 bits per heavy atom. The number of amides is 2. The fraction of sp³-hybridized carbons (Fsp3) is 0.100. The molecule has 2 amide bonds. The zero-order chi connectivity index (χ0) is 26.5. The molecule has 1 aromatic heterocycles. The molecule has 0 spiro atoms. The lowest BCUT2D eigenvalue weighted by atomic mass is 10.1. The number of thioether (sulfide) groups is 1. The van der Waals surface area contributed by atoms with Gasteiger partial charge in [-0.15, -0.1) is 11.8 Å². The number of nitrogens with one attached hydrogen (secondary N) is 2. The first-order valence-electron chi connectivity index (χ1n) is 11.9. The normalized spacial score (nSPS) is 11.6. The first-order chi connectivity index (χ1) is 18.5. The maximum Gasteiger partial charge on any atom is 0.255 e. The topological polar surface area (TPSA) is 80.3 Å². The molecule has 0 fully saturated rings. The van der Waals surface area contributed by atoms with E-state index in [4.69, 9.17) is 4.74 Å². The molecule has 1 atom stereocenters. The summed E-state index contributed by atoms with van der Waals surface area (Å²) in [5, 5.41) is 5.98. The van der Waals surface area contributed by atoms with E-state index in [0.717, 1.165) is 32.0 Å². The summed E-state index contributed by atoms with van der Waals surface area (Å²) in [6.45, 7) is 1.91. The highest BCUT2D eigenvalue weighted by molar-refractivity contribution is 8.00. The van der Waals surface area contributed by atoms with Gasteiger partial charge in [0, 0.05) is 16.1 Å². The number of hydrogen-bond acceptors (Lipinski definition) is 6. The molecule has 2 N–H and O–H groups in total. The van der Waals surface area contributed by atoms with Gasteiger partial charge in [-0.05, 0) is 66.6 Å². The van der Waals surface area contributed by atoms with Gasteiger partial charge >= 0.3 is 0 Å². The average molecular weight is 540 g/mol. The number of nitrogens with zero attached hydrogens (tertiary/aromatic N) is 1. The fourth-order valence-corrected chi connectivity index (χ4v) is 5.86. The minimum atomic E-state index is -0.495. The molecule has 38 heavy (non-hydrogen) atoms. The Balaban J connectivity index is 1.32. The molecule has 1 unspecified atom stereocenters. The largest absolute Gasteiger partial charge is 0.497 e. The van der Waals surface area contributed by atoms with Gasteiger partial charge in [-0.3, -0.25) is 9.59 Å². The van der Waals surface area contributed by atoms with E-state index in [9.17, 15) is 9.59 Å². The van der Waals surface area contributed by atoms with Gasteiger partial charge < -0.3 is 15.4 Å². The van der Waals surface area contributed by atoms with E-state index in [-0.39, 0.29) is 11.8 Å². The molecule has 1 heterocycles. The van der Waals surface area contributed by atoms with Crippen LogP contribution in [0.25, 0.3) is 10.2 Å². The number of carbonyl (C=O) groups excluding carboxylic acids is 2. The lowest BCUT2D eigenvalue weighted by Crippen LogP contribution is -2.18. The van der Waals surface area contributed by atoms with Crippen LogP contribution in [0.2, 0.25) is 0 Å². The molecule has 5 rings (SSSR count). The number of rotatable bonds is 8. The van der Waals surface area contributed by atoms with E-state index >= 15 is 0 Å². The molecule has 4 aromatic carbocycles. The van der Waals surface area contributed by atoms with Crippen molar-refractivity contribution in [2.45, 2.75) is 17.1 Å². The first-order valence-corrected chi connectivity index (χ1v) is 13.6. The maximum atomic E-state index is 13.5. The predicted molar refractivity (Wildman–Crippen MR) is 155 cm³/mol. The van der Waals surface area contributed by atoms with Gasteiger partial charge in [0.1, 0.15) is 11.0 Å². The smallest absolute Gasteiger partial charge is 0.255 e. The molecule has 190 valence electrons. The van der Waals surface area contributed by atoms with Gasteiger partial charge in [-0.2, -0.15) is 0 Å². The van der Waals surface area contributed by atoms with Crippen LogP contribution in [0.15, 0.2) is 102 Å². The lowest BCUT2D eigenvalue weighted by Gasteiger charge is -2.16. The lowest BCUT2D eigenvalue weighted by molar-refractivity contribution is -0.115. The Labute approximate surface area is 229 Å². The van der Waals surface area contributed by atoms with Crippen molar-refractivity contribution in [3.63, 3.8) is 0 Å². The summed E-state index contributed by atoms with van der Waals surface area (Å²) >= 11 is 2.85. The Kier molecular flexibility index (Phi) is 7.72. The van der Waals surface area contributed by atoms with Gasteiger partial charge in [0.05, 0.1) is 17.3 Å². The molecule has 0 saturated heterocycles. The molecule has 8 heteroatoms. The number of methoxy groups -OCH3 is 1. The van der Waals surface area contributed by atoms with Crippen LogP contribution in [-0.4, -0.2) is 23.9 Å². The van der Waals surface area contributed by atoms with Crippen molar-refractivity contribution in [3.8, 4) is 5.75 Å². The maximum absolute atomic E-state index is 13.5. The van der Waals surface area contributed by atoms with Crippen LogP contribution >= 0.6 is 23.1 Å². The summed E-state index contributed by atoms with van der Waals surface area (Å²) in [4.78, 5) is 31.6. The summed E-state index contributed by atoms with van der Waals surface area (Å²) in [6, 6.07) is 30.3. The highest BCUT2D eigenvalue weighted by Crippen LogP contribution is 2.38. The second-order valence-corrected chi connectivity index (χ2v) is 10.8. The van der Waals surface area contributed by atoms with Gasteiger partial charge in [0.15, 0.2) is 5.13 Å². The molecular weight excluding hydrogens is 514 g/mol. The van der Waals surface area contributed by atoms with E-state index in [1.54, 1.807) is 13.2 Å². The summed E-state index contributed by atoms with van der Waals surface area (Å²) in [7, 11) is 1.62. The zero-order valence-electron chi connectivity index (χ0n) is 20.8. The van der Waals surface area contributed by atoms with Gasteiger partial charge in [-0.1, -0.05) is 59.9 Å². The Morgan fingerprint density at radius 2 is 1.63 bits per heavy atom. The SMILES string of the molecule is COc1ccc2nc(NC(=O)C(Sc3ccc(NC(=O)c4ccccc4C)cc3)c3ccccc3)sc2c1. The van der Waals surface area contributed by atoms with Crippen molar-refractivity contribution >= 4 is 55.9 Å². The molecule has 0 saturated carbocycles. The number of fused-ring (bicyclic) bond motifs is 1. The minimum Gasteiger partial charge on any atom is -0.497 e. The summed E-state index contributed by atoms with van der Waals surface area (Å²) in [5.74, 6) is 0.429. The number of aromatic nitrogens is 1. The number of carbonyl (C=O) groups is 2. The quantitative estimate of drug-likeness (QED) is 0.202. The number of aryl methyl sites for hydroxylation is 1. The molecule has 0 aliphatic carbocycles. The number of thiazole rings is 1. The van der Waals surface area contributed by atoms with Gasteiger partial charge in [0.25, 0.3) is 5.91 Å². The first kappa shape index (κ1) is 25.5. The van der Waals surface area contributed by atoms with Crippen molar-refractivity contribution in [1.29, 1.82) is 0 Å². The molecule has 6 nitrogen and oxygen atoms in total. The summed E-state index contributed by atoms with van der Waals surface area (Å²) < 4.78 is 6.23.